The molecule has 0 radical (unpaired) electrons. The summed E-state index contributed by atoms with van der Waals surface area (Å²) in [6.45, 7) is 10.4. The monoisotopic (exact) mass is 276 g/mol. The zero-order valence-electron chi connectivity index (χ0n) is 13.2. The minimum absolute atomic E-state index is 0.373. The molecule has 0 amide bonds. The van der Waals surface area contributed by atoms with Gasteiger partial charge in [-0.25, -0.2) is 0 Å². The van der Waals surface area contributed by atoms with Crippen molar-refractivity contribution in [2.75, 3.05) is 26.7 Å². The number of methoxy groups -OCH3 is 1. The van der Waals surface area contributed by atoms with E-state index >= 15 is 0 Å². The topological polar surface area (TPSA) is 24.5 Å². The van der Waals surface area contributed by atoms with Crippen molar-refractivity contribution in [2.24, 2.45) is 5.92 Å². The lowest BCUT2D eigenvalue weighted by atomic mass is 10.1. The molecular weight excluding hydrogens is 248 g/mol. The van der Waals surface area contributed by atoms with E-state index in [1.54, 1.807) is 7.11 Å². The van der Waals surface area contributed by atoms with Crippen molar-refractivity contribution in [1.29, 1.82) is 0 Å². The second-order valence-electron chi connectivity index (χ2n) is 6.15. The largest absolute Gasteiger partial charge is 0.497 e. The molecule has 0 aliphatic carbocycles. The highest BCUT2D eigenvalue weighted by molar-refractivity contribution is 5.30. The van der Waals surface area contributed by atoms with Crippen LogP contribution in [-0.2, 0) is 0 Å². The highest BCUT2D eigenvalue weighted by Crippen LogP contribution is 2.21. The van der Waals surface area contributed by atoms with E-state index in [-0.39, 0.29) is 0 Å². The van der Waals surface area contributed by atoms with Gasteiger partial charge in [-0.15, -0.1) is 0 Å². The lowest BCUT2D eigenvalue weighted by Crippen LogP contribution is -2.31. The first-order valence-corrected chi connectivity index (χ1v) is 7.71. The Kier molecular flexibility index (Phi) is 5.44. The van der Waals surface area contributed by atoms with E-state index in [0.29, 0.717) is 12.1 Å². The third kappa shape index (κ3) is 3.97. The van der Waals surface area contributed by atoms with Gasteiger partial charge in [0.2, 0.25) is 0 Å². The molecule has 1 aromatic rings. The van der Waals surface area contributed by atoms with Crippen LogP contribution in [0.1, 0.15) is 38.8 Å². The van der Waals surface area contributed by atoms with Crippen LogP contribution in [-0.4, -0.2) is 37.7 Å². The van der Waals surface area contributed by atoms with Crippen molar-refractivity contribution in [3.05, 3.63) is 29.8 Å². The van der Waals surface area contributed by atoms with E-state index in [2.05, 4.69) is 49.2 Å². The molecule has 2 unspecified atom stereocenters. The van der Waals surface area contributed by atoms with Crippen LogP contribution in [0.15, 0.2) is 24.3 Å². The minimum Gasteiger partial charge on any atom is -0.497 e. The summed E-state index contributed by atoms with van der Waals surface area (Å²) >= 11 is 0. The fraction of sp³-hybridized carbons (Fsp3) is 0.647. The molecular formula is C17H28N2O. The number of benzene rings is 1. The summed E-state index contributed by atoms with van der Waals surface area (Å²) < 4.78 is 5.29. The van der Waals surface area contributed by atoms with Gasteiger partial charge in [0, 0.05) is 18.6 Å². The number of nitrogens with one attached hydrogen (secondary N) is 1. The fourth-order valence-corrected chi connectivity index (χ4v) is 2.87. The van der Waals surface area contributed by atoms with Crippen LogP contribution in [0.4, 0.5) is 0 Å². The molecule has 3 nitrogen and oxygen atoms in total. The van der Waals surface area contributed by atoms with Gasteiger partial charge in [0.25, 0.3) is 0 Å². The summed E-state index contributed by atoms with van der Waals surface area (Å²) in [5.74, 6) is 1.72. The van der Waals surface area contributed by atoms with E-state index in [1.165, 1.54) is 25.1 Å². The molecule has 1 N–H and O–H groups in total. The first kappa shape index (κ1) is 15.3. The Morgan fingerprint density at radius 1 is 1.35 bits per heavy atom. The molecule has 1 fully saturated rings. The van der Waals surface area contributed by atoms with Crippen LogP contribution in [0.2, 0.25) is 0 Å². The van der Waals surface area contributed by atoms with Crippen LogP contribution >= 0.6 is 0 Å². The normalized spacial score (nSPS) is 21.4. The number of ether oxygens (including phenoxy) is 1. The molecule has 20 heavy (non-hydrogen) atoms. The predicted molar refractivity (Wildman–Crippen MR) is 84.2 cm³/mol. The molecule has 1 aliphatic heterocycles. The number of hydrogen-bond acceptors (Lipinski definition) is 3. The van der Waals surface area contributed by atoms with Gasteiger partial charge in [0.15, 0.2) is 0 Å². The summed E-state index contributed by atoms with van der Waals surface area (Å²) in [6.07, 6.45) is 1.32. The minimum atomic E-state index is 0.373. The molecule has 0 aromatic heterocycles. The number of nitrogens with zero attached hydrogens (tertiary/aromatic N) is 1. The Balaban J connectivity index is 1.82. The molecule has 1 aliphatic rings. The molecule has 3 heteroatoms. The highest BCUT2D eigenvalue weighted by atomic mass is 16.5. The third-order valence-corrected chi connectivity index (χ3v) is 4.35. The van der Waals surface area contributed by atoms with E-state index in [1.807, 2.05) is 6.07 Å². The SMILES string of the molecule is COc1cccc(C(C)NCC2CCN(C(C)C)C2)c1. The number of hydrogen-bond donors (Lipinski definition) is 1. The molecule has 0 spiro atoms. The van der Waals surface area contributed by atoms with Crippen LogP contribution in [0.25, 0.3) is 0 Å². The van der Waals surface area contributed by atoms with E-state index in [0.717, 1.165) is 18.2 Å². The maximum Gasteiger partial charge on any atom is 0.119 e. The van der Waals surface area contributed by atoms with Crippen LogP contribution in [0.3, 0.4) is 0 Å². The van der Waals surface area contributed by atoms with Crippen molar-refractivity contribution < 1.29 is 4.74 Å². The van der Waals surface area contributed by atoms with E-state index in [9.17, 15) is 0 Å². The van der Waals surface area contributed by atoms with Gasteiger partial charge in [-0.1, -0.05) is 12.1 Å². The lowest BCUT2D eigenvalue weighted by molar-refractivity contribution is 0.263. The zero-order chi connectivity index (χ0) is 14.5. The predicted octanol–water partition coefficient (Wildman–Crippen LogP) is 3.08. The first-order chi connectivity index (χ1) is 9.60. The van der Waals surface area contributed by atoms with Crippen LogP contribution in [0.5, 0.6) is 5.75 Å². The summed E-state index contributed by atoms with van der Waals surface area (Å²) in [5, 5.41) is 3.67. The summed E-state index contributed by atoms with van der Waals surface area (Å²) in [7, 11) is 1.72. The Labute approximate surface area is 123 Å². The average Bonchev–Trinajstić information content (AvgIpc) is 2.94. The van der Waals surface area contributed by atoms with Gasteiger partial charge in [0.05, 0.1) is 7.11 Å². The van der Waals surface area contributed by atoms with Gasteiger partial charge < -0.3 is 15.0 Å². The summed E-state index contributed by atoms with van der Waals surface area (Å²) in [5.41, 5.74) is 1.29. The van der Waals surface area contributed by atoms with Gasteiger partial charge >= 0.3 is 0 Å². The zero-order valence-corrected chi connectivity index (χ0v) is 13.2. The Morgan fingerprint density at radius 2 is 2.15 bits per heavy atom. The van der Waals surface area contributed by atoms with Crippen molar-refractivity contribution in [3.8, 4) is 5.75 Å². The van der Waals surface area contributed by atoms with Crippen LogP contribution < -0.4 is 10.1 Å². The molecule has 112 valence electrons. The Hall–Kier alpha value is -1.06. The van der Waals surface area contributed by atoms with Gasteiger partial charge in [-0.05, 0) is 63.9 Å². The number of likely N-dealkylation sites (tertiary alicyclic amines) is 1. The second-order valence-corrected chi connectivity index (χ2v) is 6.15. The van der Waals surface area contributed by atoms with Crippen molar-refractivity contribution in [2.45, 2.75) is 39.3 Å². The molecule has 2 atom stereocenters. The van der Waals surface area contributed by atoms with Crippen molar-refractivity contribution in [3.63, 3.8) is 0 Å². The smallest absolute Gasteiger partial charge is 0.119 e. The molecule has 1 saturated heterocycles. The van der Waals surface area contributed by atoms with Gasteiger partial charge in [-0.2, -0.15) is 0 Å². The van der Waals surface area contributed by atoms with E-state index in [4.69, 9.17) is 4.74 Å². The standard InChI is InChI=1S/C17H28N2O/c1-13(2)19-9-8-15(12-19)11-18-14(3)16-6-5-7-17(10-16)20-4/h5-7,10,13-15,18H,8-9,11-12H2,1-4H3. The Bertz CT molecular complexity index is 419. The van der Waals surface area contributed by atoms with Crippen LogP contribution in [0, 0.1) is 5.92 Å². The Morgan fingerprint density at radius 3 is 2.80 bits per heavy atom. The number of rotatable bonds is 6. The highest BCUT2D eigenvalue weighted by Gasteiger charge is 2.24. The van der Waals surface area contributed by atoms with Crippen molar-refractivity contribution in [1.82, 2.24) is 10.2 Å². The average molecular weight is 276 g/mol. The summed E-state index contributed by atoms with van der Waals surface area (Å²) in [6, 6.07) is 9.38. The first-order valence-electron chi connectivity index (χ1n) is 7.71. The van der Waals surface area contributed by atoms with E-state index < -0.39 is 0 Å². The summed E-state index contributed by atoms with van der Waals surface area (Å²) in [4.78, 5) is 2.57. The second kappa shape index (κ2) is 7.09. The molecule has 1 aromatic carbocycles. The van der Waals surface area contributed by atoms with Crippen molar-refractivity contribution >= 4 is 0 Å². The maximum atomic E-state index is 5.29. The molecule has 0 saturated carbocycles. The van der Waals surface area contributed by atoms with Gasteiger partial charge in [0.1, 0.15) is 5.75 Å². The molecule has 0 bridgehead atoms. The third-order valence-electron chi connectivity index (χ3n) is 4.35. The maximum absolute atomic E-state index is 5.29. The van der Waals surface area contributed by atoms with Gasteiger partial charge in [-0.3, -0.25) is 0 Å². The fourth-order valence-electron chi connectivity index (χ4n) is 2.87. The molecule has 1 heterocycles. The lowest BCUT2D eigenvalue weighted by Gasteiger charge is -2.21. The molecule has 2 rings (SSSR count). The quantitative estimate of drug-likeness (QED) is 0.864.